The van der Waals surface area contributed by atoms with E-state index in [1.807, 2.05) is 26.0 Å². The van der Waals surface area contributed by atoms with Crippen LogP contribution in [0, 0.1) is 6.92 Å². The average Bonchev–Trinajstić information content (AvgIpc) is 2.49. The Hall–Kier alpha value is -2.11. The zero-order chi connectivity index (χ0) is 17.0. The van der Waals surface area contributed by atoms with Crippen molar-refractivity contribution in [3.05, 3.63) is 58.1 Å². The molecule has 23 heavy (non-hydrogen) atoms. The average molecular weight is 348 g/mol. The molecule has 0 saturated heterocycles. The summed E-state index contributed by atoms with van der Waals surface area (Å²) in [5, 5.41) is 6.50. The lowest BCUT2D eigenvalue weighted by atomic mass is 10.0. The minimum Gasteiger partial charge on any atom is -0.376 e. The highest BCUT2D eigenvalue weighted by Gasteiger charge is 2.14. The van der Waals surface area contributed by atoms with E-state index < -0.39 is 0 Å². The van der Waals surface area contributed by atoms with Crippen molar-refractivity contribution in [2.45, 2.75) is 20.3 Å². The fraction of sp³-hybridized carbons (Fsp3) is 0.176. The first kappa shape index (κ1) is 17.2. The number of benzene rings is 2. The first-order valence-corrected chi connectivity index (χ1v) is 7.96. The van der Waals surface area contributed by atoms with Crippen LogP contribution in [0.25, 0.3) is 0 Å². The van der Waals surface area contributed by atoms with Gasteiger partial charge in [0.1, 0.15) is 0 Å². The summed E-state index contributed by atoms with van der Waals surface area (Å²) in [4.78, 5) is 12.5. The molecular weight excluding hydrogens is 330 g/mol. The maximum Gasteiger partial charge on any atom is 0.257 e. The number of carbonyl (C=O) groups excluding carboxylic acids is 1. The Labute approximate surface area is 146 Å². The number of thiocarbonyl (C=S) groups is 1. The minimum atomic E-state index is -0.233. The van der Waals surface area contributed by atoms with E-state index in [0.29, 0.717) is 10.6 Å². The van der Waals surface area contributed by atoms with Gasteiger partial charge in [-0.25, -0.2) is 0 Å². The molecule has 2 aromatic rings. The van der Waals surface area contributed by atoms with E-state index >= 15 is 0 Å². The Morgan fingerprint density at radius 1 is 1.26 bits per heavy atom. The van der Waals surface area contributed by atoms with Crippen LogP contribution < -0.4 is 16.4 Å². The van der Waals surface area contributed by atoms with Gasteiger partial charge in [0.2, 0.25) is 0 Å². The maximum atomic E-state index is 12.5. The van der Waals surface area contributed by atoms with Crippen LogP contribution in [0.5, 0.6) is 0 Å². The van der Waals surface area contributed by atoms with Crippen LogP contribution in [-0.4, -0.2) is 11.0 Å². The smallest absolute Gasteiger partial charge is 0.257 e. The molecule has 0 saturated carbocycles. The van der Waals surface area contributed by atoms with E-state index in [1.165, 1.54) is 0 Å². The molecule has 0 unspecified atom stereocenters. The van der Waals surface area contributed by atoms with Gasteiger partial charge in [-0.05, 0) is 61.0 Å². The fourth-order valence-corrected chi connectivity index (χ4v) is 2.70. The highest BCUT2D eigenvalue weighted by molar-refractivity contribution is 7.80. The second kappa shape index (κ2) is 7.44. The quantitative estimate of drug-likeness (QED) is 0.728. The Balaban J connectivity index is 2.34. The molecule has 2 rings (SSSR count). The molecule has 0 aliphatic rings. The number of halogens is 1. The second-order valence-corrected chi connectivity index (χ2v) is 5.95. The van der Waals surface area contributed by atoms with Crippen LogP contribution in [0.15, 0.2) is 36.4 Å². The third kappa shape index (κ3) is 4.21. The van der Waals surface area contributed by atoms with Crippen molar-refractivity contribution in [2.75, 3.05) is 10.6 Å². The van der Waals surface area contributed by atoms with Crippen LogP contribution >= 0.6 is 23.8 Å². The number of nitrogens with two attached hydrogens (primary N) is 1. The lowest BCUT2D eigenvalue weighted by Gasteiger charge is -2.16. The summed E-state index contributed by atoms with van der Waals surface area (Å²) in [6, 6.07) is 10.8. The van der Waals surface area contributed by atoms with Crippen LogP contribution in [0.3, 0.4) is 0 Å². The summed E-state index contributed by atoms with van der Waals surface area (Å²) in [5.41, 5.74) is 9.46. The second-order valence-electron chi connectivity index (χ2n) is 5.10. The maximum absolute atomic E-state index is 12.5. The Morgan fingerprint density at radius 3 is 2.57 bits per heavy atom. The van der Waals surface area contributed by atoms with Crippen LogP contribution in [0.4, 0.5) is 11.4 Å². The predicted octanol–water partition coefficient (Wildman–Crippen LogP) is 4.12. The number of hydrogen-bond acceptors (Lipinski definition) is 2. The van der Waals surface area contributed by atoms with Gasteiger partial charge in [-0.1, -0.05) is 30.7 Å². The fourth-order valence-electron chi connectivity index (χ4n) is 2.36. The molecule has 120 valence electrons. The Kier molecular flexibility index (Phi) is 5.58. The van der Waals surface area contributed by atoms with Gasteiger partial charge < -0.3 is 16.4 Å². The summed E-state index contributed by atoms with van der Waals surface area (Å²) in [7, 11) is 0. The summed E-state index contributed by atoms with van der Waals surface area (Å²) in [6.07, 6.45) is 0.756. The highest BCUT2D eigenvalue weighted by atomic mass is 35.5. The molecule has 4 N–H and O–H groups in total. The van der Waals surface area contributed by atoms with Gasteiger partial charge in [0.25, 0.3) is 5.91 Å². The third-order valence-electron chi connectivity index (χ3n) is 3.42. The molecule has 4 nitrogen and oxygen atoms in total. The van der Waals surface area contributed by atoms with E-state index in [9.17, 15) is 4.79 Å². The molecule has 0 aliphatic carbocycles. The standard InChI is InChI=1S/C17H18ClN3OS/c1-3-11-9-12(20-17(19)23)8-10(2)15(11)21-16(22)13-6-4-5-7-14(13)18/h4-9H,3H2,1-2H3,(H,21,22)(H3,19,20,23). The molecule has 0 aliphatic heterocycles. The molecule has 6 heteroatoms. The molecule has 0 spiro atoms. The number of hydrogen-bond donors (Lipinski definition) is 3. The van der Waals surface area contributed by atoms with Gasteiger partial charge in [-0.2, -0.15) is 0 Å². The van der Waals surface area contributed by atoms with Crippen molar-refractivity contribution < 1.29 is 4.79 Å². The normalized spacial score (nSPS) is 10.2. The third-order valence-corrected chi connectivity index (χ3v) is 3.85. The molecule has 0 heterocycles. The van der Waals surface area contributed by atoms with Crippen molar-refractivity contribution in [1.82, 2.24) is 0 Å². The lowest BCUT2D eigenvalue weighted by molar-refractivity contribution is 0.102. The van der Waals surface area contributed by atoms with Gasteiger partial charge in [0.05, 0.1) is 10.6 Å². The van der Waals surface area contributed by atoms with Gasteiger partial charge in [-0.3, -0.25) is 4.79 Å². The van der Waals surface area contributed by atoms with Crippen molar-refractivity contribution >= 4 is 46.2 Å². The van der Waals surface area contributed by atoms with Gasteiger partial charge in [0, 0.05) is 11.4 Å². The number of nitrogens with one attached hydrogen (secondary N) is 2. The molecule has 2 aromatic carbocycles. The zero-order valence-electron chi connectivity index (χ0n) is 12.9. The molecule has 0 radical (unpaired) electrons. The van der Waals surface area contributed by atoms with Gasteiger partial charge >= 0.3 is 0 Å². The monoisotopic (exact) mass is 347 g/mol. The number of aryl methyl sites for hydroxylation is 2. The first-order valence-electron chi connectivity index (χ1n) is 7.18. The number of amides is 1. The van der Waals surface area contributed by atoms with E-state index in [2.05, 4.69) is 10.6 Å². The largest absolute Gasteiger partial charge is 0.376 e. The minimum absolute atomic E-state index is 0.208. The Morgan fingerprint density at radius 2 is 1.96 bits per heavy atom. The van der Waals surface area contributed by atoms with E-state index in [4.69, 9.17) is 29.6 Å². The van der Waals surface area contributed by atoms with Crippen molar-refractivity contribution in [3.8, 4) is 0 Å². The molecular formula is C17H18ClN3OS. The SMILES string of the molecule is CCc1cc(NC(N)=S)cc(C)c1NC(=O)c1ccccc1Cl. The first-order chi connectivity index (χ1) is 10.9. The molecule has 0 atom stereocenters. The van der Waals surface area contributed by atoms with Crippen molar-refractivity contribution in [1.29, 1.82) is 0 Å². The summed E-state index contributed by atoms with van der Waals surface area (Å²) < 4.78 is 0. The molecule has 0 fully saturated rings. The predicted molar refractivity (Wildman–Crippen MR) is 100 cm³/mol. The topological polar surface area (TPSA) is 67.2 Å². The summed E-state index contributed by atoms with van der Waals surface area (Å²) in [6.45, 7) is 3.94. The zero-order valence-corrected chi connectivity index (χ0v) is 14.5. The number of rotatable bonds is 4. The molecule has 0 aromatic heterocycles. The highest BCUT2D eigenvalue weighted by Crippen LogP contribution is 2.27. The van der Waals surface area contributed by atoms with Gasteiger partial charge in [-0.15, -0.1) is 0 Å². The van der Waals surface area contributed by atoms with E-state index in [1.54, 1.807) is 24.3 Å². The van der Waals surface area contributed by atoms with Crippen LogP contribution in [0.2, 0.25) is 5.02 Å². The summed E-state index contributed by atoms with van der Waals surface area (Å²) >= 11 is 10.9. The van der Waals surface area contributed by atoms with E-state index in [-0.39, 0.29) is 11.0 Å². The van der Waals surface area contributed by atoms with Crippen LogP contribution in [0.1, 0.15) is 28.4 Å². The summed E-state index contributed by atoms with van der Waals surface area (Å²) in [5.74, 6) is -0.233. The van der Waals surface area contributed by atoms with Crippen LogP contribution in [-0.2, 0) is 6.42 Å². The number of carbonyl (C=O) groups is 1. The van der Waals surface area contributed by atoms with E-state index in [0.717, 1.165) is 28.9 Å². The van der Waals surface area contributed by atoms with Crippen molar-refractivity contribution in [3.63, 3.8) is 0 Å². The number of anilines is 2. The van der Waals surface area contributed by atoms with Gasteiger partial charge in [0.15, 0.2) is 5.11 Å². The molecule has 1 amide bonds. The lowest BCUT2D eigenvalue weighted by Crippen LogP contribution is -2.20. The Bertz CT molecular complexity index is 761. The molecule has 0 bridgehead atoms. The van der Waals surface area contributed by atoms with Crippen molar-refractivity contribution in [2.24, 2.45) is 5.73 Å².